The predicted octanol–water partition coefficient (Wildman–Crippen LogP) is 0.922. The molecule has 21 heavy (non-hydrogen) atoms. The largest absolute Gasteiger partial charge is 0.454 e. The first-order valence-corrected chi connectivity index (χ1v) is 8.33. The minimum absolute atomic E-state index is 0.131. The zero-order chi connectivity index (χ0) is 14.9. The second-order valence-electron chi connectivity index (χ2n) is 5.11. The summed E-state index contributed by atoms with van der Waals surface area (Å²) in [6.07, 6.45) is 2.89. The molecule has 0 aromatic heterocycles. The molecule has 0 saturated heterocycles. The molecular formula is C14H18N2O4S. The highest BCUT2D eigenvalue weighted by molar-refractivity contribution is 7.89. The van der Waals surface area contributed by atoms with Gasteiger partial charge in [0.25, 0.3) is 0 Å². The van der Waals surface area contributed by atoms with Crippen LogP contribution in [-0.2, 0) is 10.0 Å². The number of hydrogen-bond acceptors (Lipinski definition) is 5. The Morgan fingerprint density at radius 3 is 2.76 bits per heavy atom. The lowest BCUT2D eigenvalue weighted by Gasteiger charge is -2.15. The summed E-state index contributed by atoms with van der Waals surface area (Å²) in [5.74, 6) is 1.06. The van der Waals surface area contributed by atoms with E-state index in [1.807, 2.05) is 6.08 Å². The lowest BCUT2D eigenvalue weighted by Crippen LogP contribution is -2.30. The predicted molar refractivity (Wildman–Crippen MR) is 78.1 cm³/mol. The first kappa shape index (κ1) is 14.4. The van der Waals surface area contributed by atoms with Gasteiger partial charge in [-0.2, -0.15) is 0 Å². The number of rotatable bonds is 4. The Hall–Kier alpha value is -1.57. The van der Waals surface area contributed by atoms with Gasteiger partial charge < -0.3 is 14.8 Å². The van der Waals surface area contributed by atoms with E-state index in [-0.39, 0.29) is 11.7 Å². The molecule has 6 nitrogen and oxygen atoms in total. The minimum Gasteiger partial charge on any atom is -0.454 e. The quantitative estimate of drug-likeness (QED) is 0.809. The molecule has 7 heteroatoms. The Bertz CT molecular complexity index is 682. The van der Waals surface area contributed by atoms with Crippen molar-refractivity contribution in [1.82, 2.24) is 10.0 Å². The van der Waals surface area contributed by atoms with Crippen molar-refractivity contribution in [3.63, 3.8) is 0 Å². The van der Waals surface area contributed by atoms with Crippen LogP contribution in [0, 0.1) is 6.92 Å². The normalized spacial score (nSPS) is 17.7. The van der Waals surface area contributed by atoms with E-state index in [1.54, 1.807) is 13.0 Å². The second kappa shape index (κ2) is 5.67. The zero-order valence-electron chi connectivity index (χ0n) is 11.8. The first-order chi connectivity index (χ1) is 10.1. The third-order valence-electron chi connectivity index (χ3n) is 3.61. The topological polar surface area (TPSA) is 76.7 Å². The Balaban J connectivity index is 1.80. The minimum atomic E-state index is -3.56. The Morgan fingerprint density at radius 2 is 2.05 bits per heavy atom. The summed E-state index contributed by atoms with van der Waals surface area (Å²) in [4.78, 5) is 0.237. The summed E-state index contributed by atoms with van der Waals surface area (Å²) >= 11 is 0. The van der Waals surface area contributed by atoms with E-state index >= 15 is 0 Å². The third-order valence-corrected chi connectivity index (χ3v) is 5.15. The summed E-state index contributed by atoms with van der Waals surface area (Å²) < 4.78 is 38.0. The Morgan fingerprint density at radius 1 is 1.29 bits per heavy atom. The molecule has 0 fully saturated rings. The molecule has 2 heterocycles. The SMILES string of the molecule is Cc1cc2c(cc1S(=O)(=O)NCC1=CCNCC1)OCO2. The van der Waals surface area contributed by atoms with Crippen LogP contribution in [0.3, 0.4) is 0 Å². The maximum Gasteiger partial charge on any atom is 0.241 e. The smallest absolute Gasteiger partial charge is 0.241 e. The van der Waals surface area contributed by atoms with Crippen LogP contribution < -0.4 is 19.5 Å². The number of hydrogen-bond donors (Lipinski definition) is 2. The monoisotopic (exact) mass is 310 g/mol. The van der Waals surface area contributed by atoms with Crippen LogP contribution in [-0.4, -0.2) is 34.8 Å². The molecule has 0 spiro atoms. The molecule has 1 aromatic rings. The molecule has 0 atom stereocenters. The molecule has 2 N–H and O–H groups in total. The van der Waals surface area contributed by atoms with Crippen molar-refractivity contribution >= 4 is 10.0 Å². The van der Waals surface area contributed by atoms with Gasteiger partial charge in [0.1, 0.15) is 0 Å². The van der Waals surface area contributed by atoms with Gasteiger partial charge in [-0.25, -0.2) is 13.1 Å². The van der Waals surface area contributed by atoms with Gasteiger partial charge in [-0.3, -0.25) is 0 Å². The van der Waals surface area contributed by atoms with Crippen LogP contribution in [0.2, 0.25) is 0 Å². The van der Waals surface area contributed by atoms with E-state index in [4.69, 9.17) is 9.47 Å². The lowest BCUT2D eigenvalue weighted by atomic mass is 10.1. The molecule has 0 unspecified atom stereocenters. The molecule has 1 aromatic carbocycles. The van der Waals surface area contributed by atoms with Crippen LogP contribution in [0.25, 0.3) is 0 Å². The average molecular weight is 310 g/mol. The summed E-state index contributed by atoms with van der Waals surface area (Å²) in [6.45, 7) is 3.90. The fourth-order valence-electron chi connectivity index (χ4n) is 2.41. The maximum absolute atomic E-state index is 12.4. The summed E-state index contributed by atoms with van der Waals surface area (Å²) in [5, 5.41) is 3.20. The third kappa shape index (κ3) is 3.04. The van der Waals surface area contributed by atoms with Gasteiger partial charge in [0.2, 0.25) is 16.8 Å². The summed E-state index contributed by atoms with van der Waals surface area (Å²) in [6, 6.07) is 3.22. The fourth-order valence-corrected chi connectivity index (χ4v) is 3.69. The van der Waals surface area contributed by atoms with Crippen LogP contribution in [0.15, 0.2) is 28.7 Å². The molecule has 0 aliphatic carbocycles. The Kier molecular flexibility index (Phi) is 3.88. The molecule has 0 saturated carbocycles. The van der Waals surface area contributed by atoms with Crippen molar-refractivity contribution in [1.29, 1.82) is 0 Å². The number of ether oxygens (including phenoxy) is 2. The zero-order valence-corrected chi connectivity index (χ0v) is 12.6. The first-order valence-electron chi connectivity index (χ1n) is 6.85. The van der Waals surface area contributed by atoms with Crippen LogP contribution in [0.5, 0.6) is 11.5 Å². The molecule has 0 amide bonds. The molecule has 114 valence electrons. The Labute approximate surface area is 124 Å². The van der Waals surface area contributed by atoms with Crippen molar-refractivity contribution in [2.75, 3.05) is 26.4 Å². The van der Waals surface area contributed by atoms with E-state index in [0.29, 0.717) is 23.6 Å². The average Bonchev–Trinajstić information content (AvgIpc) is 2.92. The lowest BCUT2D eigenvalue weighted by molar-refractivity contribution is 0.174. The molecule has 0 radical (unpaired) electrons. The van der Waals surface area contributed by atoms with Gasteiger partial charge in [-0.15, -0.1) is 0 Å². The molecule has 2 aliphatic heterocycles. The van der Waals surface area contributed by atoms with E-state index in [0.717, 1.165) is 25.1 Å². The maximum atomic E-state index is 12.4. The highest BCUT2D eigenvalue weighted by Gasteiger charge is 2.23. The number of sulfonamides is 1. The molecule has 2 aliphatic rings. The van der Waals surface area contributed by atoms with Gasteiger partial charge in [0.05, 0.1) is 4.90 Å². The van der Waals surface area contributed by atoms with E-state index in [2.05, 4.69) is 10.0 Å². The number of benzene rings is 1. The van der Waals surface area contributed by atoms with Crippen molar-refractivity contribution in [2.24, 2.45) is 0 Å². The fraction of sp³-hybridized carbons (Fsp3) is 0.429. The van der Waals surface area contributed by atoms with Crippen molar-refractivity contribution in [3.05, 3.63) is 29.3 Å². The highest BCUT2D eigenvalue weighted by atomic mass is 32.2. The van der Waals surface area contributed by atoms with E-state index in [9.17, 15) is 8.42 Å². The van der Waals surface area contributed by atoms with Gasteiger partial charge in [-0.05, 0) is 31.5 Å². The van der Waals surface area contributed by atoms with Crippen LogP contribution in [0.1, 0.15) is 12.0 Å². The highest BCUT2D eigenvalue weighted by Crippen LogP contribution is 2.36. The standard InChI is InChI=1S/C14H18N2O4S/c1-10-6-12-13(20-9-19-12)7-14(10)21(17,18)16-8-11-2-4-15-5-3-11/h2,6-7,15-16H,3-5,8-9H2,1H3. The van der Waals surface area contributed by atoms with Gasteiger partial charge in [-0.1, -0.05) is 11.6 Å². The van der Waals surface area contributed by atoms with Gasteiger partial charge in [0, 0.05) is 19.2 Å². The van der Waals surface area contributed by atoms with E-state index in [1.165, 1.54) is 6.07 Å². The van der Waals surface area contributed by atoms with Crippen LogP contribution in [0.4, 0.5) is 0 Å². The number of aryl methyl sites for hydroxylation is 1. The molecular weight excluding hydrogens is 292 g/mol. The van der Waals surface area contributed by atoms with Crippen LogP contribution >= 0.6 is 0 Å². The van der Waals surface area contributed by atoms with Crippen molar-refractivity contribution in [3.8, 4) is 11.5 Å². The summed E-state index contributed by atoms with van der Waals surface area (Å²) in [5.41, 5.74) is 1.75. The summed E-state index contributed by atoms with van der Waals surface area (Å²) in [7, 11) is -3.56. The molecule has 0 bridgehead atoms. The van der Waals surface area contributed by atoms with Gasteiger partial charge in [0.15, 0.2) is 11.5 Å². The number of fused-ring (bicyclic) bond motifs is 1. The van der Waals surface area contributed by atoms with Crippen molar-refractivity contribution in [2.45, 2.75) is 18.2 Å². The van der Waals surface area contributed by atoms with Crippen molar-refractivity contribution < 1.29 is 17.9 Å². The second-order valence-corrected chi connectivity index (χ2v) is 6.85. The number of nitrogens with one attached hydrogen (secondary N) is 2. The van der Waals surface area contributed by atoms with E-state index < -0.39 is 10.0 Å². The van der Waals surface area contributed by atoms with Gasteiger partial charge >= 0.3 is 0 Å². The molecule has 3 rings (SSSR count).